The van der Waals surface area contributed by atoms with Gasteiger partial charge in [-0.15, -0.1) is 0 Å². The minimum atomic E-state index is -0.874. The van der Waals surface area contributed by atoms with Crippen molar-refractivity contribution in [2.75, 3.05) is 11.9 Å². The molecule has 0 saturated heterocycles. The van der Waals surface area contributed by atoms with Gasteiger partial charge in [-0.2, -0.15) is 5.10 Å². The van der Waals surface area contributed by atoms with Crippen LogP contribution >= 0.6 is 0 Å². The highest BCUT2D eigenvalue weighted by Crippen LogP contribution is 2.08. The molecule has 0 atom stereocenters. The zero-order chi connectivity index (χ0) is 9.84. The van der Waals surface area contributed by atoms with Crippen LogP contribution in [0.1, 0.15) is 12.6 Å². The molecular weight excluding hydrogens is 170 g/mol. The van der Waals surface area contributed by atoms with Crippen molar-refractivity contribution in [1.29, 1.82) is 0 Å². The number of aliphatic carboxylic acids is 1. The third kappa shape index (κ3) is 2.47. The van der Waals surface area contributed by atoms with Crippen LogP contribution in [0.15, 0.2) is 6.07 Å². The van der Waals surface area contributed by atoms with Gasteiger partial charge in [0.25, 0.3) is 0 Å². The van der Waals surface area contributed by atoms with E-state index in [0.29, 0.717) is 0 Å². The average molecular weight is 183 g/mol. The Balaban J connectivity index is 2.69. The minimum absolute atomic E-state index is 0.0782. The number of anilines is 1. The predicted molar refractivity (Wildman–Crippen MR) is 48.8 cm³/mol. The first-order valence-corrected chi connectivity index (χ1v) is 4.13. The number of carboxylic acids is 1. The van der Waals surface area contributed by atoms with E-state index < -0.39 is 5.97 Å². The highest BCUT2D eigenvalue weighted by atomic mass is 16.4. The molecule has 2 N–H and O–H groups in total. The Bertz CT molecular complexity index is 306. The van der Waals surface area contributed by atoms with Gasteiger partial charge in [0.1, 0.15) is 12.4 Å². The minimum Gasteiger partial charge on any atom is -0.480 e. The molecule has 0 aliphatic carbocycles. The van der Waals surface area contributed by atoms with E-state index in [1.165, 1.54) is 0 Å². The number of hydrogen-bond donors (Lipinski definition) is 2. The second-order valence-electron chi connectivity index (χ2n) is 2.73. The highest BCUT2D eigenvalue weighted by molar-refractivity contribution is 5.72. The Hall–Kier alpha value is -1.52. The quantitative estimate of drug-likeness (QED) is 0.721. The average Bonchev–Trinajstić information content (AvgIpc) is 2.42. The summed E-state index contributed by atoms with van der Waals surface area (Å²) >= 11 is 0. The van der Waals surface area contributed by atoms with Crippen LogP contribution in [0.3, 0.4) is 0 Å². The molecule has 0 aromatic carbocycles. The lowest BCUT2D eigenvalue weighted by atomic mass is 10.4. The summed E-state index contributed by atoms with van der Waals surface area (Å²) in [4.78, 5) is 10.3. The van der Waals surface area contributed by atoms with Crippen molar-refractivity contribution in [2.24, 2.45) is 0 Å². The summed E-state index contributed by atoms with van der Waals surface area (Å²) in [5.74, 6) is -0.121. The second-order valence-corrected chi connectivity index (χ2v) is 2.73. The van der Waals surface area contributed by atoms with Gasteiger partial charge in [0, 0.05) is 12.6 Å². The SMILES string of the molecule is CCn1nc(C)cc1NCC(=O)O. The standard InChI is InChI=1S/C8H13N3O2/c1-3-11-7(4-6(2)10-11)9-5-8(12)13/h4,9H,3,5H2,1-2H3,(H,12,13). The largest absolute Gasteiger partial charge is 0.480 e. The van der Waals surface area contributed by atoms with Crippen molar-refractivity contribution in [1.82, 2.24) is 9.78 Å². The zero-order valence-electron chi connectivity index (χ0n) is 7.74. The maximum absolute atomic E-state index is 10.3. The van der Waals surface area contributed by atoms with Crippen LogP contribution in [0.4, 0.5) is 5.82 Å². The maximum atomic E-state index is 10.3. The number of carbonyl (C=O) groups is 1. The first-order valence-electron chi connectivity index (χ1n) is 4.13. The Labute approximate surface area is 76.4 Å². The van der Waals surface area contributed by atoms with Gasteiger partial charge in [0.15, 0.2) is 0 Å². The third-order valence-corrected chi connectivity index (χ3v) is 1.62. The molecule has 13 heavy (non-hydrogen) atoms. The molecule has 0 saturated carbocycles. The van der Waals surface area contributed by atoms with Crippen molar-refractivity contribution >= 4 is 11.8 Å². The van der Waals surface area contributed by atoms with Crippen molar-refractivity contribution in [3.63, 3.8) is 0 Å². The van der Waals surface area contributed by atoms with Crippen LogP contribution < -0.4 is 5.32 Å². The Morgan fingerprint density at radius 3 is 3.00 bits per heavy atom. The third-order valence-electron chi connectivity index (χ3n) is 1.62. The normalized spacial score (nSPS) is 10.0. The van der Waals surface area contributed by atoms with E-state index in [1.807, 2.05) is 19.9 Å². The number of aromatic nitrogens is 2. The molecule has 0 fully saturated rings. The fourth-order valence-electron chi connectivity index (χ4n) is 1.10. The van der Waals surface area contributed by atoms with Gasteiger partial charge < -0.3 is 10.4 Å². The molecule has 72 valence electrons. The molecule has 5 nitrogen and oxygen atoms in total. The van der Waals surface area contributed by atoms with Gasteiger partial charge in [-0.1, -0.05) is 0 Å². The Kier molecular flexibility index (Phi) is 2.89. The van der Waals surface area contributed by atoms with Gasteiger partial charge >= 0.3 is 5.97 Å². The van der Waals surface area contributed by atoms with E-state index in [2.05, 4.69) is 10.4 Å². The fourth-order valence-corrected chi connectivity index (χ4v) is 1.10. The molecule has 0 bridgehead atoms. The first-order chi connectivity index (χ1) is 6.13. The van der Waals surface area contributed by atoms with Gasteiger partial charge in [0.05, 0.1) is 5.69 Å². The van der Waals surface area contributed by atoms with E-state index >= 15 is 0 Å². The smallest absolute Gasteiger partial charge is 0.322 e. The van der Waals surface area contributed by atoms with Crippen molar-refractivity contribution in [2.45, 2.75) is 20.4 Å². The van der Waals surface area contributed by atoms with Crippen molar-refractivity contribution in [3.8, 4) is 0 Å². The van der Waals surface area contributed by atoms with Gasteiger partial charge in [-0.25, -0.2) is 4.68 Å². The summed E-state index contributed by atoms with van der Waals surface area (Å²) in [6, 6.07) is 1.83. The number of nitrogens with zero attached hydrogens (tertiary/aromatic N) is 2. The van der Waals surface area contributed by atoms with E-state index in [4.69, 9.17) is 5.11 Å². The fraction of sp³-hybridized carbons (Fsp3) is 0.500. The summed E-state index contributed by atoms with van der Waals surface area (Å²) in [6.07, 6.45) is 0. The molecule has 0 spiro atoms. The van der Waals surface area contributed by atoms with Crippen LogP contribution in [0.2, 0.25) is 0 Å². The summed E-state index contributed by atoms with van der Waals surface area (Å²) in [5, 5.41) is 15.4. The lowest BCUT2D eigenvalue weighted by Gasteiger charge is -2.04. The van der Waals surface area contributed by atoms with E-state index in [-0.39, 0.29) is 6.54 Å². The summed E-state index contributed by atoms with van der Waals surface area (Å²) < 4.78 is 1.73. The topological polar surface area (TPSA) is 67.2 Å². The second kappa shape index (κ2) is 3.93. The molecule has 1 rings (SSSR count). The number of hydrogen-bond acceptors (Lipinski definition) is 3. The molecule has 5 heteroatoms. The van der Waals surface area contributed by atoms with Gasteiger partial charge in [0.2, 0.25) is 0 Å². The lowest BCUT2D eigenvalue weighted by molar-refractivity contribution is -0.134. The van der Waals surface area contributed by atoms with E-state index in [9.17, 15) is 4.79 Å². The van der Waals surface area contributed by atoms with E-state index in [0.717, 1.165) is 18.1 Å². The summed E-state index contributed by atoms with van der Waals surface area (Å²) in [7, 11) is 0. The van der Waals surface area contributed by atoms with Crippen molar-refractivity contribution < 1.29 is 9.90 Å². The monoisotopic (exact) mass is 183 g/mol. The van der Waals surface area contributed by atoms with Crippen LogP contribution in [0.5, 0.6) is 0 Å². The molecule has 1 heterocycles. The van der Waals surface area contributed by atoms with E-state index in [1.54, 1.807) is 4.68 Å². The number of rotatable bonds is 4. The number of carboxylic acid groups (broad SMARTS) is 1. The van der Waals surface area contributed by atoms with Crippen molar-refractivity contribution in [3.05, 3.63) is 11.8 Å². The summed E-state index contributed by atoms with van der Waals surface area (Å²) in [5.41, 5.74) is 0.884. The predicted octanol–water partition coefficient (Wildman–Crippen LogP) is 0.708. The number of nitrogens with one attached hydrogen (secondary N) is 1. The maximum Gasteiger partial charge on any atom is 0.322 e. The Morgan fingerprint density at radius 1 is 1.77 bits per heavy atom. The molecule has 0 amide bonds. The van der Waals surface area contributed by atoms with Crippen LogP contribution in [-0.4, -0.2) is 27.4 Å². The van der Waals surface area contributed by atoms with Gasteiger partial charge in [-0.05, 0) is 13.8 Å². The molecule has 1 aromatic rings. The molecular formula is C8H13N3O2. The van der Waals surface area contributed by atoms with Crippen LogP contribution in [0, 0.1) is 6.92 Å². The lowest BCUT2D eigenvalue weighted by Crippen LogP contribution is -2.15. The zero-order valence-corrected chi connectivity index (χ0v) is 7.74. The highest BCUT2D eigenvalue weighted by Gasteiger charge is 2.04. The van der Waals surface area contributed by atoms with Crippen LogP contribution in [-0.2, 0) is 11.3 Å². The molecule has 0 aliphatic rings. The molecule has 0 unspecified atom stereocenters. The van der Waals surface area contributed by atoms with Crippen LogP contribution in [0.25, 0.3) is 0 Å². The first kappa shape index (κ1) is 9.57. The summed E-state index contributed by atoms with van der Waals surface area (Å²) in [6.45, 7) is 4.48. The molecule has 1 aromatic heterocycles. The van der Waals surface area contributed by atoms with Gasteiger partial charge in [-0.3, -0.25) is 4.79 Å². The number of aryl methyl sites for hydroxylation is 2. The Morgan fingerprint density at radius 2 is 2.46 bits per heavy atom. The molecule has 0 aliphatic heterocycles. The molecule has 0 radical (unpaired) electrons.